The van der Waals surface area contributed by atoms with Crippen LogP contribution in [0.15, 0.2) is 18.2 Å². The summed E-state index contributed by atoms with van der Waals surface area (Å²) in [6, 6.07) is 4.81. The quantitative estimate of drug-likeness (QED) is 0.879. The Morgan fingerprint density at radius 3 is 2.63 bits per heavy atom. The number of ether oxygens (including phenoxy) is 1. The number of amides is 1. The second kappa shape index (κ2) is 7.58. The van der Waals surface area contributed by atoms with E-state index in [2.05, 4.69) is 0 Å². The van der Waals surface area contributed by atoms with E-state index in [0.29, 0.717) is 15.8 Å². The van der Waals surface area contributed by atoms with E-state index in [-0.39, 0.29) is 31.7 Å². The molecule has 1 N–H and O–H groups in total. The number of carbonyl (C=O) groups is 1. The summed E-state index contributed by atoms with van der Waals surface area (Å²) >= 11 is 11.7. The Kier molecular flexibility index (Phi) is 6.42. The van der Waals surface area contributed by atoms with E-state index in [0.717, 1.165) is 0 Å². The van der Waals surface area contributed by atoms with E-state index >= 15 is 0 Å². The standard InChI is InChI=1S/C13H17Cl2NO3/c1-9(2)16(5-6-17)13(18)8-19-12-4-3-10(14)7-11(12)15/h3-4,7,9,17H,5-6,8H2,1-2H3. The van der Waals surface area contributed by atoms with Crippen molar-refractivity contribution in [1.29, 1.82) is 0 Å². The Balaban J connectivity index is 2.62. The van der Waals surface area contributed by atoms with Crippen LogP contribution in [0.4, 0.5) is 0 Å². The second-order valence-electron chi connectivity index (χ2n) is 4.27. The van der Waals surface area contributed by atoms with Crippen LogP contribution in [0.1, 0.15) is 13.8 Å². The first-order valence-electron chi connectivity index (χ1n) is 5.94. The van der Waals surface area contributed by atoms with Crippen molar-refractivity contribution in [3.63, 3.8) is 0 Å². The molecule has 0 aliphatic carbocycles. The molecule has 0 bridgehead atoms. The summed E-state index contributed by atoms with van der Waals surface area (Å²) in [5.41, 5.74) is 0. The van der Waals surface area contributed by atoms with Crippen molar-refractivity contribution < 1.29 is 14.6 Å². The van der Waals surface area contributed by atoms with Crippen LogP contribution in [0.2, 0.25) is 10.0 Å². The molecule has 19 heavy (non-hydrogen) atoms. The molecule has 1 aromatic carbocycles. The lowest BCUT2D eigenvalue weighted by Gasteiger charge is -2.25. The maximum Gasteiger partial charge on any atom is 0.260 e. The van der Waals surface area contributed by atoms with Gasteiger partial charge in [-0.2, -0.15) is 0 Å². The van der Waals surface area contributed by atoms with E-state index in [4.69, 9.17) is 33.0 Å². The third kappa shape index (κ3) is 4.90. The number of carbonyl (C=O) groups excluding carboxylic acids is 1. The smallest absolute Gasteiger partial charge is 0.260 e. The summed E-state index contributed by atoms with van der Waals surface area (Å²) in [7, 11) is 0. The van der Waals surface area contributed by atoms with Gasteiger partial charge in [-0.3, -0.25) is 4.79 Å². The highest BCUT2D eigenvalue weighted by molar-refractivity contribution is 6.35. The average molecular weight is 306 g/mol. The molecule has 0 aliphatic rings. The average Bonchev–Trinajstić information content (AvgIpc) is 2.34. The van der Waals surface area contributed by atoms with Crippen LogP contribution >= 0.6 is 23.2 Å². The molecule has 0 fully saturated rings. The first kappa shape index (κ1) is 16.1. The van der Waals surface area contributed by atoms with Crippen molar-refractivity contribution in [3.05, 3.63) is 28.2 Å². The molecule has 4 nitrogen and oxygen atoms in total. The molecular weight excluding hydrogens is 289 g/mol. The zero-order chi connectivity index (χ0) is 14.4. The van der Waals surface area contributed by atoms with Crippen molar-refractivity contribution >= 4 is 29.1 Å². The molecule has 0 atom stereocenters. The Morgan fingerprint density at radius 1 is 1.42 bits per heavy atom. The largest absolute Gasteiger partial charge is 0.482 e. The molecule has 0 heterocycles. The van der Waals surface area contributed by atoms with Gasteiger partial charge in [0.1, 0.15) is 5.75 Å². The first-order chi connectivity index (χ1) is 8.95. The highest BCUT2D eigenvalue weighted by Crippen LogP contribution is 2.27. The Morgan fingerprint density at radius 2 is 2.11 bits per heavy atom. The van der Waals surface area contributed by atoms with Crippen LogP contribution in [-0.4, -0.2) is 41.7 Å². The number of hydrogen-bond acceptors (Lipinski definition) is 3. The molecule has 0 spiro atoms. The number of nitrogens with zero attached hydrogens (tertiary/aromatic N) is 1. The van der Waals surface area contributed by atoms with Gasteiger partial charge < -0.3 is 14.7 Å². The van der Waals surface area contributed by atoms with Crippen molar-refractivity contribution in [2.24, 2.45) is 0 Å². The van der Waals surface area contributed by atoms with E-state index in [1.54, 1.807) is 23.1 Å². The van der Waals surface area contributed by atoms with Crippen LogP contribution in [0.25, 0.3) is 0 Å². The van der Waals surface area contributed by atoms with Crippen LogP contribution in [0.3, 0.4) is 0 Å². The molecule has 0 saturated heterocycles. The molecule has 1 rings (SSSR count). The molecule has 6 heteroatoms. The number of hydrogen-bond donors (Lipinski definition) is 1. The van der Waals surface area contributed by atoms with Crippen molar-refractivity contribution in [1.82, 2.24) is 4.90 Å². The molecule has 0 radical (unpaired) electrons. The predicted octanol–water partition coefficient (Wildman–Crippen LogP) is 2.60. The maximum atomic E-state index is 11.9. The van der Waals surface area contributed by atoms with Gasteiger partial charge in [0, 0.05) is 17.6 Å². The van der Waals surface area contributed by atoms with Gasteiger partial charge in [0.15, 0.2) is 6.61 Å². The summed E-state index contributed by atoms with van der Waals surface area (Å²) in [6.07, 6.45) is 0. The number of aliphatic hydroxyl groups excluding tert-OH is 1. The third-order valence-electron chi connectivity index (χ3n) is 2.53. The molecule has 0 aliphatic heterocycles. The molecule has 0 unspecified atom stereocenters. The Hall–Kier alpha value is -0.970. The molecular formula is C13H17Cl2NO3. The van der Waals surface area contributed by atoms with Gasteiger partial charge in [-0.1, -0.05) is 23.2 Å². The van der Waals surface area contributed by atoms with Crippen molar-refractivity contribution in [3.8, 4) is 5.75 Å². The lowest BCUT2D eigenvalue weighted by Crippen LogP contribution is -2.41. The van der Waals surface area contributed by atoms with Crippen LogP contribution < -0.4 is 4.74 Å². The minimum absolute atomic E-state index is 0.00365. The highest BCUT2D eigenvalue weighted by Gasteiger charge is 2.17. The summed E-state index contributed by atoms with van der Waals surface area (Å²) < 4.78 is 5.37. The van der Waals surface area contributed by atoms with Gasteiger partial charge in [-0.15, -0.1) is 0 Å². The molecule has 1 aromatic rings. The number of benzene rings is 1. The van der Waals surface area contributed by atoms with E-state index in [9.17, 15) is 4.79 Å². The fourth-order valence-electron chi connectivity index (χ4n) is 1.59. The summed E-state index contributed by atoms with van der Waals surface area (Å²) in [5, 5.41) is 9.79. The normalized spacial score (nSPS) is 10.6. The number of aliphatic hydroxyl groups is 1. The highest BCUT2D eigenvalue weighted by atomic mass is 35.5. The Labute approximate surface area is 122 Å². The predicted molar refractivity (Wildman–Crippen MR) is 75.9 cm³/mol. The van der Waals surface area contributed by atoms with Gasteiger partial charge >= 0.3 is 0 Å². The van der Waals surface area contributed by atoms with Crippen LogP contribution in [0, 0.1) is 0 Å². The topological polar surface area (TPSA) is 49.8 Å². The van der Waals surface area contributed by atoms with Gasteiger partial charge in [0.05, 0.1) is 11.6 Å². The molecule has 106 valence electrons. The summed E-state index contributed by atoms with van der Waals surface area (Å²) in [6.45, 7) is 3.84. The van der Waals surface area contributed by atoms with E-state index < -0.39 is 0 Å². The number of halogens is 2. The van der Waals surface area contributed by atoms with Crippen LogP contribution in [0.5, 0.6) is 5.75 Å². The first-order valence-corrected chi connectivity index (χ1v) is 6.69. The Bertz CT molecular complexity index is 438. The van der Waals surface area contributed by atoms with Crippen molar-refractivity contribution in [2.45, 2.75) is 19.9 Å². The van der Waals surface area contributed by atoms with Gasteiger partial charge in [0.25, 0.3) is 5.91 Å². The second-order valence-corrected chi connectivity index (χ2v) is 5.11. The monoisotopic (exact) mass is 305 g/mol. The van der Waals surface area contributed by atoms with Crippen LogP contribution in [-0.2, 0) is 4.79 Å². The van der Waals surface area contributed by atoms with Gasteiger partial charge in [-0.25, -0.2) is 0 Å². The number of rotatable bonds is 6. The fraction of sp³-hybridized carbons (Fsp3) is 0.462. The molecule has 0 aromatic heterocycles. The van der Waals surface area contributed by atoms with E-state index in [1.165, 1.54) is 0 Å². The minimum atomic E-state index is -0.199. The molecule has 0 saturated carbocycles. The summed E-state index contributed by atoms with van der Waals surface area (Å²) in [5.74, 6) is 0.210. The zero-order valence-corrected chi connectivity index (χ0v) is 12.4. The minimum Gasteiger partial charge on any atom is -0.482 e. The van der Waals surface area contributed by atoms with Crippen molar-refractivity contribution in [2.75, 3.05) is 19.8 Å². The molecule has 1 amide bonds. The van der Waals surface area contributed by atoms with E-state index in [1.807, 2.05) is 13.8 Å². The lowest BCUT2D eigenvalue weighted by atomic mass is 10.3. The SMILES string of the molecule is CC(C)N(CCO)C(=O)COc1ccc(Cl)cc1Cl. The third-order valence-corrected chi connectivity index (χ3v) is 3.06. The summed E-state index contributed by atoms with van der Waals surface area (Å²) in [4.78, 5) is 13.5. The fourth-order valence-corrected chi connectivity index (χ4v) is 2.06. The maximum absolute atomic E-state index is 11.9. The van der Waals surface area contributed by atoms with Gasteiger partial charge in [0.2, 0.25) is 0 Å². The van der Waals surface area contributed by atoms with Gasteiger partial charge in [-0.05, 0) is 32.0 Å². The zero-order valence-electron chi connectivity index (χ0n) is 10.9. The lowest BCUT2D eigenvalue weighted by molar-refractivity contribution is -0.135.